The summed E-state index contributed by atoms with van der Waals surface area (Å²) in [5.74, 6) is 0.931. The highest BCUT2D eigenvalue weighted by Crippen LogP contribution is 2.27. The molecule has 1 aromatic carbocycles. The van der Waals surface area contributed by atoms with Crippen LogP contribution in [0.5, 0.6) is 5.75 Å². The van der Waals surface area contributed by atoms with Crippen LogP contribution in [-0.2, 0) is 0 Å². The highest BCUT2D eigenvalue weighted by molar-refractivity contribution is 5.43. The molecule has 0 aliphatic carbocycles. The molecular weight excluding hydrogens is 226 g/mol. The van der Waals surface area contributed by atoms with E-state index >= 15 is 0 Å². The second-order valence-corrected chi connectivity index (χ2v) is 4.96. The Labute approximate surface area is 110 Å². The predicted octanol–water partition coefficient (Wildman–Crippen LogP) is 2.73. The quantitative estimate of drug-likeness (QED) is 0.817. The number of aliphatic hydroxyl groups is 1. The first-order chi connectivity index (χ1) is 8.49. The molecule has 0 heterocycles. The fourth-order valence-electron chi connectivity index (χ4n) is 2.14. The molecule has 0 radical (unpaired) electrons. The van der Waals surface area contributed by atoms with E-state index < -0.39 is 0 Å². The van der Waals surface area contributed by atoms with Gasteiger partial charge in [0.05, 0.1) is 19.3 Å². The minimum Gasteiger partial charge on any atom is -0.494 e. The third kappa shape index (κ3) is 3.72. The Hall–Kier alpha value is -1.06. The smallest absolute Gasteiger partial charge is 0.122 e. The van der Waals surface area contributed by atoms with Crippen molar-refractivity contribution in [2.45, 2.75) is 46.7 Å². The van der Waals surface area contributed by atoms with Gasteiger partial charge < -0.3 is 15.2 Å². The third-order valence-corrected chi connectivity index (χ3v) is 2.96. The maximum absolute atomic E-state index is 9.52. The van der Waals surface area contributed by atoms with E-state index in [1.165, 1.54) is 0 Å². The maximum Gasteiger partial charge on any atom is 0.122 e. The molecular formula is C15H25NO2. The van der Waals surface area contributed by atoms with E-state index in [0.29, 0.717) is 12.6 Å². The van der Waals surface area contributed by atoms with Crippen molar-refractivity contribution >= 4 is 0 Å². The highest BCUT2D eigenvalue weighted by atomic mass is 16.5. The summed E-state index contributed by atoms with van der Waals surface area (Å²) in [7, 11) is 0. The zero-order chi connectivity index (χ0) is 13.7. The fourth-order valence-corrected chi connectivity index (χ4v) is 2.14. The molecule has 0 spiro atoms. The lowest BCUT2D eigenvalue weighted by Crippen LogP contribution is -2.31. The van der Waals surface area contributed by atoms with Gasteiger partial charge in [-0.1, -0.05) is 19.9 Å². The van der Waals surface area contributed by atoms with E-state index in [-0.39, 0.29) is 12.6 Å². The van der Waals surface area contributed by atoms with Crippen LogP contribution < -0.4 is 10.1 Å². The number of rotatable bonds is 6. The molecule has 1 rings (SSSR count). The van der Waals surface area contributed by atoms with E-state index in [2.05, 4.69) is 38.2 Å². The first-order valence-corrected chi connectivity index (χ1v) is 6.60. The third-order valence-electron chi connectivity index (χ3n) is 2.96. The van der Waals surface area contributed by atoms with Crippen molar-refractivity contribution in [1.82, 2.24) is 5.32 Å². The number of nitrogens with one attached hydrogen (secondary N) is 1. The Balaban J connectivity index is 3.04. The second kappa shape index (κ2) is 6.76. The molecule has 1 atom stereocenters. The van der Waals surface area contributed by atoms with Crippen molar-refractivity contribution in [2.75, 3.05) is 13.2 Å². The number of hydrogen-bond acceptors (Lipinski definition) is 3. The molecule has 3 nitrogen and oxygen atoms in total. The number of aryl methyl sites for hydroxylation is 2. The SMILES string of the molecule is CCOc1cc(C)c(C(CO)NC(C)C)cc1C. The van der Waals surface area contributed by atoms with Crippen molar-refractivity contribution in [2.24, 2.45) is 0 Å². The van der Waals surface area contributed by atoms with Crippen molar-refractivity contribution in [3.05, 3.63) is 28.8 Å². The van der Waals surface area contributed by atoms with Gasteiger partial charge in [-0.05, 0) is 43.5 Å². The van der Waals surface area contributed by atoms with Crippen LogP contribution in [-0.4, -0.2) is 24.4 Å². The van der Waals surface area contributed by atoms with Crippen LogP contribution in [0.25, 0.3) is 0 Å². The largest absolute Gasteiger partial charge is 0.494 e. The van der Waals surface area contributed by atoms with Gasteiger partial charge in [-0.2, -0.15) is 0 Å². The first-order valence-electron chi connectivity index (χ1n) is 6.60. The van der Waals surface area contributed by atoms with Crippen LogP contribution in [0.1, 0.15) is 43.5 Å². The Bertz CT molecular complexity index is 388. The molecule has 2 N–H and O–H groups in total. The van der Waals surface area contributed by atoms with E-state index in [0.717, 1.165) is 22.4 Å². The molecule has 0 aliphatic heterocycles. The summed E-state index contributed by atoms with van der Waals surface area (Å²) < 4.78 is 5.58. The molecule has 0 bridgehead atoms. The van der Waals surface area contributed by atoms with Crippen LogP contribution in [0, 0.1) is 13.8 Å². The van der Waals surface area contributed by atoms with Gasteiger partial charge in [0.15, 0.2) is 0 Å². The standard InChI is InChI=1S/C15H25NO2/c1-6-18-15-8-11(4)13(7-12(15)5)14(9-17)16-10(2)3/h7-8,10,14,16-17H,6,9H2,1-5H3. The molecule has 3 heteroatoms. The summed E-state index contributed by atoms with van der Waals surface area (Å²) in [5, 5.41) is 12.9. The average molecular weight is 251 g/mol. The summed E-state index contributed by atoms with van der Waals surface area (Å²) in [6.45, 7) is 11.0. The Morgan fingerprint density at radius 2 is 1.89 bits per heavy atom. The molecule has 0 fully saturated rings. The molecule has 18 heavy (non-hydrogen) atoms. The average Bonchev–Trinajstić information content (AvgIpc) is 2.30. The molecule has 0 amide bonds. The lowest BCUT2D eigenvalue weighted by atomic mass is 9.98. The van der Waals surface area contributed by atoms with Gasteiger partial charge in [0, 0.05) is 6.04 Å². The number of ether oxygens (including phenoxy) is 1. The van der Waals surface area contributed by atoms with Gasteiger partial charge in [0.2, 0.25) is 0 Å². The topological polar surface area (TPSA) is 41.5 Å². The van der Waals surface area contributed by atoms with Gasteiger partial charge >= 0.3 is 0 Å². The van der Waals surface area contributed by atoms with Crippen LogP contribution in [0.3, 0.4) is 0 Å². The van der Waals surface area contributed by atoms with Crippen LogP contribution >= 0.6 is 0 Å². The van der Waals surface area contributed by atoms with Gasteiger partial charge in [0.25, 0.3) is 0 Å². The summed E-state index contributed by atoms with van der Waals surface area (Å²) in [6, 6.07) is 4.49. The molecule has 0 aromatic heterocycles. The second-order valence-electron chi connectivity index (χ2n) is 4.96. The fraction of sp³-hybridized carbons (Fsp3) is 0.600. The zero-order valence-corrected chi connectivity index (χ0v) is 12.1. The van der Waals surface area contributed by atoms with Gasteiger partial charge in [-0.3, -0.25) is 0 Å². The molecule has 0 saturated heterocycles. The number of hydrogen-bond donors (Lipinski definition) is 2. The minimum absolute atomic E-state index is 0.0145. The Kier molecular flexibility index (Phi) is 5.63. The molecule has 0 aliphatic rings. The summed E-state index contributed by atoms with van der Waals surface area (Å²) in [5.41, 5.74) is 3.41. The van der Waals surface area contributed by atoms with Crippen LogP contribution in [0.15, 0.2) is 12.1 Å². The van der Waals surface area contributed by atoms with E-state index in [9.17, 15) is 5.11 Å². The first kappa shape index (κ1) is 15.0. The molecule has 1 aromatic rings. The predicted molar refractivity (Wildman–Crippen MR) is 75.2 cm³/mol. The van der Waals surface area contributed by atoms with E-state index in [4.69, 9.17) is 4.74 Å². The lowest BCUT2D eigenvalue weighted by Gasteiger charge is -2.22. The van der Waals surface area contributed by atoms with Gasteiger partial charge in [-0.25, -0.2) is 0 Å². The summed E-state index contributed by atoms with van der Waals surface area (Å²) >= 11 is 0. The van der Waals surface area contributed by atoms with E-state index in [1.807, 2.05) is 13.8 Å². The van der Waals surface area contributed by atoms with Crippen LogP contribution in [0.2, 0.25) is 0 Å². The Morgan fingerprint density at radius 3 is 2.39 bits per heavy atom. The monoisotopic (exact) mass is 251 g/mol. The van der Waals surface area contributed by atoms with Crippen molar-refractivity contribution in [1.29, 1.82) is 0 Å². The minimum atomic E-state index is -0.0145. The molecule has 1 unspecified atom stereocenters. The van der Waals surface area contributed by atoms with Crippen LogP contribution in [0.4, 0.5) is 0 Å². The molecule has 0 saturated carbocycles. The highest BCUT2D eigenvalue weighted by Gasteiger charge is 2.15. The Morgan fingerprint density at radius 1 is 1.22 bits per heavy atom. The summed E-state index contributed by atoms with van der Waals surface area (Å²) in [6.07, 6.45) is 0. The normalized spacial score (nSPS) is 12.8. The number of aliphatic hydroxyl groups excluding tert-OH is 1. The van der Waals surface area contributed by atoms with Gasteiger partial charge in [0.1, 0.15) is 5.75 Å². The van der Waals surface area contributed by atoms with Crippen molar-refractivity contribution in [3.63, 3.8) is 0 Å². The van der Waals surface area contributed by atoms with Crippen molar-refractivity contribution < 1.29 is 9.84 Å². The van der Waals surface area contributed by atoms with Gasteiger partial charge in [-0.15, -0.1) is 0 Å². The van der Waals surface area contributed by atoms with E-state index in [1.54, 1.807) is 0 Å². The molecule has 102 valence electrons. The maximum atomic E-state index is 9.52. The lowest BCUT2D eigenvalue weighted by molar-refractivity contribution is 0.236. The summed E-state index contributed by atoms with van der Waals surface area (Å²) in [4.78, 5) is 0. The number of benzene rings is 1. The van der Waals surface area contributed by atoms with Crippen molar-refractivity contribution in [3.8, 4) is 5.75 Å². The zero-order valence-electron chi connectivity index (χ0n) is 12.1.